The Morgan fingerprint density at radius 1 is 0.667 bits per heavy atom. The van der Waals surface area contributed by atoms with Crippen LogP contribution < -0.4 is 20.1 Å². The van der Waals surface area contributed by atoms with Gasteiger partial charge in [-0.15, -0.1) is 0 Å². The third kappa shape index (κ3) is 5.38. The molecule has 6 heteroatoms. The highest BCUT2D eigenvalue weighted by Gasteiger charge is 2.12. The van der Waals surface area contributed by atoms with E-state index in [1.807, 2.05) is 19.9 Å². The summed E-state index contributed by atoms with van der Waals surface area (Å²) in [6.45, 7) is 4.74. The summed E-state index contributed by atoms with van der Waals surface area (Å²) >= 11 is 0. The highest BCUT2D eigenvalue weighted by Crippen LogP contribution is 2.29. The summed E-state index contributed by atoms with van der Waals surface area (Å²) in [7, 11) is 0. The Kier molecular flexibility index (Phi) is 7.05. The van der Waals surface area contributed by atoms with Crippen molar-refractivity contribution in [2.45, 2.75) is 13.8 Å². The van der Waals surface area contributed by atoms with E-state index in [2.05, 4.69) is 10.6 Å². The molecule has 0 saturated heterocycles. The van der Waals surface area contributed by atoms with Crippen LogP contribution in [0.1, 0.15) is 34.6 Å². The molecular formula is C24H24N2O4. The maximum atomic E-state index is 12.7. The molecule has 0 aliphatic heterocycles. The van der Waals surface area contributed by atoms with Crippen LogP contribution in [0, 0.1) is 0 Å². The average Bonchev–Trinajstić information content (AvgIpc) is 2.76. The molecule has 0 bridgehead atoms. The van der Waals surface area contributed by atoms with Crippen LogP contribution >= 0.6 is 0 Å². The minimum atomic E-state index is -0.287. The molecule has 0 fully saturated rings. The summed E-state index contributed by atoms with van der Waals surface area (Å²) in [5.74, 6) is 0.620. The van der Waals surface area contributed by atoms with Gasteiger partial charge in [-0.2, -0.15) is 0 Å². The van der Waals surface area contributed by atoms with Gasteiger partial charge in [0.2, 0.25) is 0 Å². The van der Waals surface area contributed by atoms with Crippen molar-refractivity contribution in [1.82, 2.24) is 0 Å². The van der Waals surface area contributed by atoms with Gasteiger partial charge >= 0.3 is 0 Å². The largest absolute Gasteiger partial charge is 0.490 e. The smallest absolute Gasteiger partial charge is 0.255 e. The lowest BCUT2D eigenvalue weighted by molar-refractivity contribution is 0.101. The number of ether oxygens (including phenoxy) is 2. The molecule has 3 rings (SSSR count). The minimum absolute atomic E-state index is 0.216. The van der Waals surface area contributed by atoms with Crippen LogP contribution in [0.4, 0.5) is 11.4 Å². The first-order valence-electron chi connectivity index (χ1n) is 9.78. The molecule has 3 aromatic carbocycles. The van der Waals surface area contributed by atoms with E-state index < -0.39 is 0 Å². The summed E-state index contributed by atoms with van der Waals surface area (Å²) in [5.41, 5.74) is 2.16. The Labute approximate surface area is 175 Å². The quantitative estimate of drug-likeness (QED) is 0.555. The molecular weight excluding hydrogens is 380 g/mol. The Balaban J connectivity index is 1.72. The van der Waals surface area contributed by atoms with E-state index in [0.29, 0.717) is 47.2 Å². The zero-order chi connectivity index (χ0) is 21.3. The fraction of sp³-hybridized carbons (Fsp3) is 0.167. The Bertz CT molecular complexity index is 1020. The monoisotopic (exact) mass is 404 g/mol. The van der Waals surface area contributed by atoms with E-state index in [-0.39, 0.29) is 11.8 Å². The molecule has 2 amide bonds. The van der Waals surface area contributed by atoms with Gasteiger partial charge in [-0.1, -0.05) is 24.3 Å². The van der Waals surface area contributed by atoms with Crippen molar-refractivity contribution in [1.29, 1.82) is 0 Å². The van der Waals surface area contributed by atoms with Gasteiger partial charge in [0.05, 0.1) is 13.2 Å². The molecule has 0 radical (unpaired) electrons. The van der Waals surface area contributed by atoms with Crippen LogP contribution in [0.25, 0.3) is 0 Å². The van der Waals surface area contributed by atoms with E-state index >= 15 is 0 Å². The maximum absolute atomic E-state index is 12.7. The third-order valence-electron chi connectivity index (χ3n) is 4.22. The number of anilines is 2. The van der Waals surface area contributed by atoms with Gasteiger partial charge in [-0.05, 0) is 62.4 Å². The molecule has 0 spiro atoms. The molecule has 0 aromatic heterocycles. The predicted molar refractivity (Wildman–Crippen MR) is 118 cm³/mol. The van der Waals surface area contributed by atoms with Crippen LogP contribution in [-0.2, 0) is 0 Å². The van der Waals surface area contributed by atoms with E-state index in [4.69, 9.17) is 9.47 Å². The van der Waals surface area contributed by atoms with Crippen molar-refractivity contribution in [3.63, 3.8) is 0 Å². The molecule has 3 aromatic rings. The van der Waals surface area contributed by atoms with Gasteiger partial charge in [0.15, 0.2) is 11.5 Å². The zero-order valence-corrected chi connectivity index (χ0v) is 17.0. The number of carbonyl (C=O) groups excluding carboxylic acids is 2. The van der Waals surface area contributed by atoms with Gasteiger partial charge in [0.1, 0.15) is 0 Å². The Morgan fingerprint density at radius 3 is 1.90 bits per heavy atom. The fourth-order valence-electron chi connectivity index (χ4n) is 2.86. The van der Waals surface area contributed by atoms with E-state index in [1.165, 1.54) is 0 Å². The fourth-order valence-corrected chi connectivity index (χ4v) is 2.86. The number of hydrogen-bond acceptors (Lipinski definition) is 4. The second-order valence-corrected chi connectivity index (χ2v) is 6.38. The summed E-state index contributed by atoms with van der Waals surface area (Å²) in [5, 5.41) is 5.68. The van der Waals surface area contributed by atoms with Crippen LogP contribution in [0.2, 0.25) is 0 Å². The molecule has 0 saturated carbocycles. The highest BCUT2D eigenvalue weighted by molar-refractivity contribution is 6.06. The van der Waals surface area contributed by atoms with Crippen molar-refractivity contribution in [3.05, 3.63) is 83.9 Å². The summed E-state index contributed by atoms with van der Waals surface area (Å²) in [4.78, 5) is 25.0. The van der Waals surface area contributed by atoms with Crippen LogP contribution in [0.3, 0.4) is 0 Å². The average molecular weight is 404 g/mol. The molecule has 6 nitrogen and oxygen atoms in total. The first-order chi connectivity index (χ1) is 14.6. The molecule has 0 unspecified atom stereocenters. The molecule has 0 aliphatic rings. The number of benzene rings is 3. The van der Waals surface area contributed by atoms with E-state index in [1.54, 1.807) is 66.7 Å². The minimum Gasteiger partial charge on any atom is -0.490 e. The van der Waals surface area contributed by atoms with Gasteiger partial charge in [-0.3, -0.25) is 9.59 Å². The van der Waals surface area contributed by atoms with Crippen LogP contribution in [0.15, 0.2) is 72.8 Å². The molecule has 30 heavy (non-hydrogen) atoms. The van der Waals surface area contributed by atoms with Crippen molar-refractivity contribution >= 4 is 23.2 Å². The normalized spacial score (nSPS) is 10.2. The molecule has 154 valence electrons. The number of amides is 2. The predicted octanol–water partition coefficient (Wildman–Crippen LogP) is 4.99. The van der Waals surface area contributed by atoms with Crippen molar-refractivity contribution < 1.29 is 19.1 Å². The lowest BCUT2D eigenvalue weighted by Gasteiger charge is -2.13. The van der Waals surface area contributed by atoms with Gasteiger partial charge < -0.3 is 20.1 Å². The summed E-state index contributed by atoms with van der Waals surface area (Å²) in [6.07, 6.45) is 0. The van der Waals surface area contributed by atoms with Crippen LogP contribution in [-0.4, -0.2) is 25.0 Å². The second-order valence-electron chi connectivity index (χ2n) is 6.38. The van der Waals surface area contributed by atoms with Crippen molar-refractivity contribution in [2.75, 3.05) is 23.8 Å². The van der Waals surface area contributed by atoms with Crippen LogP contribution in [0.5, 0.6) is 11.5 Å². The lowest BCUT2D eigenvalue weighted by Crippen LogP contribution is -2.14. The van der Waals surface area contributed by atoms with Gasteiger partial charge in [0, 0.05) is 22.5 Å². The first kappa shape index (κ1) is 20.9. The van der Waals surface area contributed by atoms with E-state index in [9.17, 15) is 9.59 Å². The standard InChI is InChI=1S/C24H24N2O4/c1-3-29-21-14-13-18(15-22(21)30-4-2)24(28)26-20-12-8-11-19(16-20)25-23(27)17-9-6-5-7-10-17/h5-16H,3-4H2,1-2H3,(H,25,27)(H,26,28). The number of carbonyl (C=O) groups is 2. The highest BCUT2D eigenvalue weighted by atomic mass is 16.5. The molecule has 0 heterocycles. The van der Waals surface area contributed by atoms with E-state index in [0.717, 1.165) is 0 Å². The topological polar surface area (TPSA) is 76.7 Å². The zero-order valence-electron chi connectivity index (χ0n) is 17.0. The molecule has 0 aliphatic carbocycles. The van der Waals surface area contributed by atoms with Gasteiger partial charge in [-0.25, -0.2) is 0 Å². The maximum Gasteiger partial charge on any atom is 0.255 e. The molecule has 0 atom stereocenters. The lowest BCUT2D eigenvalue weighted by atomic mass is 10.1. The summed E-state index contributed by atoms with van der Waals surface area (Å²) in [6, 6.07) is 21.0. The Hall–Kier alpha value is -3.80. The Morgan fingerprint density at radius 2 is 1.27 bits per heavy atom. The van der Waals surface area contributed by atoms with Crippen molar-refractivity contribution in [3.8, 4) is 11.5 Å². The number of hydrogen-bond donors (Lipinski definition) is 2. The molecule has 2 N–H and O–H groups in total. The number of nitrogens with one attached hydrogen (secondary N) is 2. The summed E-state index contributed by atoms with van der Waals surface area (Å²) < 4.78 is 11.1. The van der Waals surface area contributed by atoms with Gasteiger partial charge in [0.25, 0.3) is 11.8 Å². The number of rotatable bonds is 8. The van der Waals surface area contributed by atoms with Crippen molar-refractivity contribution in [2.24, 2.45) is 0 Å². The second kappa shape index (κ2) is 10.1. The SMILES string of the molecule is CCOc1ccc(C(=O)Nc2cccc(NC(=O)c3ccccc3)c2)cc1OCC. The third-order valence-corrected chi connectivity index (χ3v) is 4.22. The first-order valence-corrected chi connectivity index (χ1v) is 9.78.